The first-order chi connectivity index (χ1) is 21.1. The van der Waals surface area contributed by atoms with Crippen LogP contribution in [0.25, 0.3) is 0 Å². The number of nitrogens with two attached hydrogens (primary N) is 4. The molecule has 252 valence electrons. The average Bonchev–Trinajstić information content (AvgIpc) is 2.95. The van der Waals surface area contributed by atoms with Crippen molar-refractivity contribution < 1.29 is 48.6 Å². The van der Waals surface area contributed by atoms with Gasteiger partial charge >= 0.3 is 11.9 Å². The molecule has 0 saturated heterocycles. The van der Waals surface area contributed by atoms with E-state index in [2.05, 4.69) is 54.5 Å². The maximum atomic E-state index is 12.7. The Labute approximate surface area is 261 Å². The fraction of sp³-hybridized carbons (Fsp3) is 0.591. The Morgan fingerprint density at radius 1 is 0.756 bits per heavy atom. The Balaban J connectivity index is 5.16. The van der Waals surface area contributed by atoms with Gasteiger partial charge in [0.2, 0.25) is 35.4 Å². The first kappa shape index (κ1) is 39.8. The van der Waals surface area contributed by atoms with Crippen molar-refractivity contribution in [2.45, 2.75) is 56.3 Å². The number of primary amides is 1. The number of carboxylic acids is 2. The van der Waals surface area contributed by atoms with Gasteiger partial charge in [0.1, 0.15) is 18.1 Å². The molecule has 0 aliphatic rings. The molecular weight excluding hydrogens is 624 g/mol. The molecule has 0 aliphatic carbocycles. The number of aliphatic carboxylic acids is 2. The molecule has 0 spiro atoms. The maximum absolute atomic E-state index is 12.7. The largest absolute Gasteiger partial charge is 0.481 e. The van der Waals surface area contributed by atoms with Crippen molar-refractivity contribution >= 4 is 66.0 Å². The van der Waals surface area contributed by atoms with Crippen LogP contribution in [0.15, 0.2) is 15.3 Å². The van der Waals surface area contributed by atoms with E-state index in [0.717, 1.165) is 0 Å². The Hall–Kier alpha value is -5.22. The molecule has 0 saturated carbocycles. The number of thiol groups is 1. The van der Waals surface area contributed by atoms with Crippen molar-refractivity contribution in [3.05, 3.63) is 0 Å². The lowest BCUT2D eigenvalue weighted by molar-refractivity contribution is -0.140. The topological polar surface area (TPSA) is 378 Å². The molecule has 0 aromatic rings. The van der Waals surface area contributed by atoms with Crippen LogP contribution in [-0.2, 0) is 38.4 Å². The van der Waals surface area contributed by atoms with Crippen molar-refractivity contribution in [3.8, 4) is 0 Å². The summed E-state index contributed by atoms with van der Waals surface area (Å²) in [7, 11) is 0. The molecule has 0 bridgehead atoms. The van der Waals surface area contributed by atoms with Gasteiger partial charge in [0.15, 0.2) is 12.0 Å². The number of aliphatic imine (C=N–C) groups is 1. The van der Waals surface area contributed by atoms with Crippen LogP contribution in [0.1, 0.15) is 32.1 Å². The monoisotopic (exact) mass is 662 g/mol. The van der Waals surface area contributed by atoms with E-state index in [-0.39, 0.29) is 43.9 Å². The minimum Gasteiger partial charge on any atom is -0.481 e. The third kappa shape index (κ3) is 18.1. The molecule has 4 atom stereocenters. The summed E-state index contributed by atoms with van der Waals surface area (Å²) in [6.07, 6.45) is -1.21. The summed E-state index contributed by atoms with van der Waals surface area (Å²) in [5.41, 5.74) is 15.6. The van der Waals surface area contributed by atoms with Gasteiger partial charge in [-0.05, 0) is 19.3 Å². The lowest BCUT2D eigenvalue weighted by Crippen LogP contribution is -2.54. The normalized spacial score (nSPS) is 13.3. The van der Waals surface area contributed by atoms with Gasteiger partial charge in [-0.2, -0.15) is 17.7 Å². The fourth-order valence-corrected chi connectivity index (χ4v) is 3.54. The molecule has 0 rings (SSSR count). The Kier molecular flexibility index (Phi) is 19.0. The highest BCUT2D eigenvalue weighted by atomic mass is 32.1. The fourth-order valence-electron chi connectivity index (χ4n) is 3.28. The minimum absolute atomic E-state index is 0.0246. The summed E-state index contributed by atoms with van der Waals surface area (Å²) in [4.78, 5) is 99.1. The molecule has 6 amide bonds. The SMILES string of the molecule is NN=N[C@@H](CCC(=O)N[C@@H](CS)C(=O)NCC(=O)N[C@@H](CCCN=C(N)N)C(=O)NCC(=O)N[C@@H](CC(=O)O)C(N)=O)C(=O)O. The Bertz CT molecular complexity index is 1150. The zero-order valence-electron chi connectivity index (χ0n) is 23.9. The number of guanidine groups is 1. The van der Waals surface area contributed by atoms with Gasteiger partial charge in [0.05, 0.1) is 19.5 Å². The van der Waals surface area contributed by atoms with Crippen molar-refractivity contribution in [1.82, 2.24) is 26.6 Å². The molecule has 15 N–H and O–H groups in total. The number of carboxylic acid groups (broad SMARTS) is 2. The number of hydrogen-bond acceptors (Lipinski definition) is 12. The van der Waals surface area contributed by atoms with Crippen LogP contribution in [0, 0.1) is 0 Å². The van der Waals surface area contributed by atoms with Gasteiger partial charge in [-0.15, -0.1) is 0 Å². The van der Waals surface area contributed by atoms with E-state index in [1.165, 1.54) is 0 Å². The third-order valence-electron chi connectivity index (χ3n) is 5.47. The highest BCUT2D eigenvalue weighted by Crippen LogP contribution is 2.04. The van der Waals surface area contributed by atoms with E-state index in [0.29, 0.717) is 0 Å². The highest BCUT2D eigenvalue weighted by molar-refractivity contribution is 7.80. The highest BCUT2D eigenvalue weighted by Gasteiger charge is 2.26. The van der Waals surface area contributed by atoms with Crippen LogP contribution in [0.5, 0.6) is 0 Å². The van der Waals surface area contributed by atoms with Gasteiger partial charge in [0, 0.05) is 18.7 Å². The molecule has 0 aromatic carbocycles. The van der Waals surface area contributed by atoms with Gasteiger partial charge in [0.25, 0.3) is 0 Å². The molecule has 23 heteroatoms. The summed E-state index contributed by atoms with van der Waals surface area (Å²) < 4.78 is 0. The Morgan fingerprint density at radius 3 is 1.76 bits per heavy atom. The number of nitrogens with zero attached hydrogens (tertiary/aromatic N) is 3. The lowest BCUT2D eigenvalue weighted by atomic mass is 10.1. The van der Waals surface area contributed by atoms with Crippen molar-refractivity contribution in [2.24, 2.45) is 38.4 Å². The summed E-state index contributed by atoms with van der Waals surface area (Å²) >= 11 is 3.99. The first-order valence-electron chi connectivity index (χ1n) is 13.0. The van der Waals surface area contributed by atoms with E-state index in [9.17, 15) is 38.4 Å². The van der Waals surface area contributed by atoms with Crippen molar-refractivity contribution in [2.75, 3.05) is 25.4 Å². The van der Waals surface area contributed by atoms with E-state index in [1.54, 1.807) is 0 Å². The number of amides is 6. The summed E-state index contributed by atoms with van der Waals surface area (Å²) in [6, 6.07) is -5.36. The van der Waals surface area contributed by atoms with E-state index < -0.39 is 91.1 Å². The number of hydrogen-bond donors (Lipinski definition) is 12. The Morgan fingerprint density at radius 2 is 1.29 bits per heavy atom. The molecule has 0 fully saturated rings. The molecule has 0 heterocycles. The van der Waals surface area contributed by atoms with Gasteiger partial charge < -0.3 is 59.8 Å². The lowest BCUT2D eigenvalue weighted by Gasteiger charge is -2.20. The second-order valence-electron chi connectivity index (χ2n) is 9.05. The summed E-state index contributed by atoms with van der Waals surface area (Å²) in [6.45, 7) is -1.27. The summed E-state index contributed by atoms with van der Waals surface area (Å²) in [5.74, 6) is -3.58. The van der Waals surface area contributed by atoms with Crippen LogP contribution < -0.4 is 49.6 Å². The molecule has 0 aliphatic heterocycles. The van der Waals surface area contributed by atoms with Crippen molar-refractivity contribution in [1.29, 1.82) is 0 Å². The van der Waals surface area contributed by atoms with Gasteiger partial charge in [-0.1, -0.05) is 5.22 Å². The molecule has 22 nitrogen and oxygen atoms in total. The molecular formula is C22H38N12O10S. The summed E-state index contributed by atoms with van der Waals surface area (Å²) in [5, 5.41) is 35.3. The van der Waals surface area contributed by atoms with E-state index in [1.807, 2.05) is 0 Å². The third-order valence-corrected chi connectivity index (χ3v) is 5.84. The zero-order chi connectivity index (χ0) is 34.5. The second kappa shape index (κ2) is 21.5. The van der Waals surface area contributed by atoms with Crippen LogP contribution in [0.4, 0.5) is 0 Å². The van der Waals surface area contributed by atoms with E-state index in [4.69, 9.17) is 33.3 Å². The number of carbonyl (C=O) groups excluding carboxylic acids is 6. The van der Waals surface area contributed by atoms with Gasteiger partial charge in [-0.25, -0.2) is 4.79 Å². The minimum atomic E-state index is -1.53. The van der Waals surface area contributed by atoms with Crippen LogP contribution in [0.3, 0.4) is 0 Å². The molecule has 0 unspecified atom stereocenters. The molecule has 0 aromatic heterocycles. The van der Waals surface area contributed by atoms with Gasteiger partial charge in [-0.3, -0.25) is 38.6 Å². The smallest absolute Gasteiger partial charge is 0.330 e. The zero-order valence-corrected chi connectivity index (χ0v) is 24.8. The standard InChI is InChI=1S/C22H38N12O10S/c23-18(40)12(6-17(38)39)31-16(37)8-28-19(41)10(2-1-5-27-22(24)25)30-15(36)7-29-20(42)13(9-45)32-14(35)4-3-11(21(43)44)33-34-26/h10-13,45H,1-9H2,(H2,23,40)(H2,26,33)(H,28,41)(H,29,42)(H,30,36)(H,31,37)(H,32,35)(H,38,39)(H,43,44)(H4,24,25,27)/t10-,11-,12-,13-/m0/s1. The predicted molar refractivity (Wildman–Crippen MR) is 157 cm³/mol. The van der Waals surface area contributed by atoms with Crippen LogP contribution in [-0.4, -0.2) is 113 Å². The quantitative estimate of drug-likeness (QED) is 0.00978. The predicted octanol–water partition coefficient (Wildman–Crippen LogP) is -5.82. The van der Waals surface area contributed by atoms with Crippen molar-refractivity contribution in [3.63, 3.8) is 0 Å². The number of carbonyl (C=O) groups is 8. The first-order valence-corrected chi connectivity index (χ1v) is 13.7. The maximum Gasteiger partial charge on any atom is 0.330 e. The van der Waals surface area contributed by atoms with E-state index >= 15 is 0 Å². The number of rotatable bonds is 22. The number of nitrogens with one attached hydrogen (secondary N) is 5. The second-order valence-corrected chi connectivity index (χ2v) is 9.42. The van der Waals surface area contributed by atoms with Crippen LogP contribution in [0.2, 0.25) is 0 Å². The molecule has 45 heavy (non-hydrogen) atoms. The molecule has 0 radical (unpaired) electrons. The average molecular weight is 663 g/mol. The van der Waals surface area contributed by atoms with Crippen LogP contribution >= 0.6 is 12.6 Å².